The Morgan fingerprint density at radius 2 is 1.67 bits per heavy atom. The smallest absolute Gasteiger partial charge is 0.0372 e. The second-order valence-corrected chi connectivity index (χ2v) is 4.94. The van der Waals surface area contributed by atoms with Crippen molar-refractivity contribution in [3.8, 4) is 0 Å². The van der Waals surface area contributed by atoms with Gasteiger partial charge in [0.1, 0.15) is 0 Å². The summed E-state index contributed by atoms with van der Waals surface area (Å²) in [6.45, 7) is 7.55. The second-order valence-electron chi connectivity index (χ2n) is 4.94. The van der Waals surface area contributed by atoms with Crippen molar-refractivity contribution in [2.45, 2.75) is 26.7 Å². The fourth-order valence-electron chi connectivity index (χ4n) is 2.11. The highest BCUT2D eigenvalue weighted by atomic mass is 14.9. The maximum absolute atomic E-state index is 3.55. The highest BCUT2D eigenvalue weighted by Gasteiger charge is 2.06. The third-order valence-electron chi connectivity index (χ3n) is 3.57. The third-order valence-corrected chi connectivity index (χ3v) is 3.57. The van der Waals surface area contributed by atoms with Crippen molar-refractivity contribution >= 4 is 5.69 Å². The second kappa shape index (κ2) is 5.72. The molecule has 0 aliphatic rings. The molecule has 1 heteroatoms. The number of benzene rings is 2. The summed E-state index contributed by atoms with van der Waals surface area (Å²) in [6.07, 6.45) is 0. The molecule has 0 bridgehead atoms. The standard InChI is InChI=1S/C17H21N/c1-13-8-7-11-17(15(13)3)18-12-14(2)16-9-5-4-6-10-16/h4-11,14,18H,12H2,1-3H3. The Bertz CT molecular complexity index is 502. The molecule has 0 fully saturated rings. The van der Waals surface area contributed by atoms with Gasteiger partial charge < -0.3 is 5.32 Å². The Labute approximate surface area is 110 Å². The SMILES string of the molecule is Cc1cccc(NCC(C)c2ccccc2)c1C. The molecule has 0 amide bonds. The van der Waals surface area contributed by atoms with Crippen LogP contribution in [-0.2, 0) is 0 Å². The Kier molecular flexibility index (Phi) is 4.03. The van der Waals surface area contributed by atoms with E-state index in [0.29, 0.717) is 5.92 Å². The Hall–Kier alpha value is -1.76. The largest absolute Gasteiger partial charge is 0.384 e. The molecule has 94 valence electrons. The van der Waals surface area contributed by atoms with E-state index in [9.17, 15) is 0 Å². The molecule has 1 unspecified atom stereocenters. The van der Waals surface area contributed by atoms with Gasteiger partial charge in [0, 0.05) is 12.2 Å². The first-order valence-electron chi connectivity index (χ1n) is 6.53. The van der Waals surface area contributed by atoms with Gasteiger partial charge in [0.05, 0.1) is 0 Å². The summed E-state index contributed by atoms with van der Waals surface area (Å²) in [5, 5.41) is 3.55. The molecular weight excluding hydrogens is 218 g/mol. The van der Waals surface area contributed by atoms with E-state index in [0.717, 1.165) is 6.54 Å². The van der Waals surface area contributed by atoms with E-state index in [2.05, 4.69) is 74.6 Å². The van der Waals surface area contributed by atoms with E-state index >= 15 is 0 Å². The molecule has 0 heterocycles. The minimum atomic E-state index is 0.520. The molecule has 0 spiro atoms. The minimum Gasteiger partial charge on any atom is -0.384 e. The lowest BCUT2D eigenvalue weighted by Crippen LogP contribution is -2.10. The van der Waals surface area contributed by atoms with Crippen LogP contribution in [0.15, 0.2) is 48.5 Å². The van der Waals surface area contributed by atoms with E-state index in [-0.39, 0.29) is 0 Å². The summed E-state index contributed by atoms with van der Waals surface area (Å²) < 4.78 is 0. The summed E-state index contributed by atoms with van der Waals surface area (Å²) in [4.78, 5) is 0. The summed E-state index contributed by atoms with van der Waals surface area (Å²) in [5.41, 5.74) is 5.32. The average molecular weight is 239 g/mol. The zero-order valence-electron chi connectivity index (χ0n) is 11.4. The summed E-state index contributed by atoms with van der Waals surface area (Å²) in [5.74, 6) is 0.520. The Morgan fingerprint density at radius 3 is 2.39 bits per heavy atom. The normalized spacial score (nSPS) is 12.2. The molecule has 0 aliphatic heterocycles. The van der Waals surface area contributed by atoms with Crippen LogP contribution >= 0.6 is 0 Å². The van der Waals surface area contributed by atoms with Crippen molar-refractivity contribution in [1.82, 2.24) is 0 Å². The van der Waals surface area contributed by atoms with Crippen LogP contribution in [-0.4, -0.2) is 6.54 Å². The van der Waals surface area contributed by atoms with Crippen LogP contribution in [0.5, 0.6) is 0 Å². The molecule has 2 aromatic rings. The van der Waals surface area contributed by atoms with Crippen molar-refractivity contribution in [3.63, 3.8) is 0 Å². The number of rotatable bonds is 4. The lowest BCUT2D eigenvalue weighted by molar-refractivity contribution is 0.804. The minimum absolute atomic E-state index is 0.520. The molecule has 2 rings (SSSR count). The van der Waals surface area contributed by atoms with Gasteiger partial charge in [0.15, 0.2) is 0 Å². The van der Waals surface area contributed by atoms with Crippen LogP contribution in [0, 0.1) is 13.8 Å². The number of nitrogens with one attached hydrogen (secondary N) is 1. The van der Waals surface area contributed by atoms with Crippen LogP contribution in [0.4, 0.5) is 5.69 Å². The van der Waals surface area contributed by atoms with Crippen LogP contribution < -0.4 is 5.32 Å². The Morgan fingerprint density at radius 1 is 0.944 bits per heavy atom. The van der Waals surface area contributed by atoms with Crippen LogP contribution in [0.2, 0.25) is 0 Å². The number of aryl methyl sites for hydroxylation is 1. The molecule has 2 aromatic carbocycles. The summed E-state index contributed by atoms with van der Waals surface area (Å²) in [6, 6.07) is 17.1. The molecule has 0 saturated carbocycles. The van der Waals surface area contributed by atoms with Crippen LogP contribution in [0.3, 0.4) is 0 Å². The van der Waals surface area contributed by atoms with Crippen molar-refractivity contribution < 1.29 is 0 Å². The monoisotopic (exact) mass is 239 g/mol. The van der Waals surface area contributed by atoms with Gasteiger partial charge in [-0.3, -0.25) is 0 Å². The maximum atomic E-state index is 3.55. The van der Waals surface area contributed by atoms with Crippen LogP contribution in [0.1, 0.15) is 29.5 Å². The molecule has 0 aliphatic carbocycles. The first kappa shape index (κ1) is 12.7. The third kappa shape index (κ3) is 2.92. The van der Waals surface area contributed by atoms with E-state index in [1.165, 1.54) is 22.4 Å². The molecule has 0 aromatic heterocycles. The lowest BCUT2D eigenvalue weighted by atomic mass is 10.0. The van der Waals surface area contributed by atoms with E-state index < -0.39 is 0 Å². The predicted molar refractivity (Wildman–Crippen MR) is 79.3 cm³/mol. The molecule has 0 saturated heterocycles. The Balaban J connectivity index is 2.02. The van der Waals surface area contributed by atoms with E-state index in [4.69, 9.17) is 0 Å². The maximum Gasteiger partial charge on any atom is 0.0372 e. The number of hydrogen-bond acceptors (Lipinski definition) is 1. The highest BCUT2D eigenvalue weighted by Crippen LogP contribution is 2.20. The van der Waals surface area contributed by atoms with Gasteiger partial charge in [-0.15, -0.1) is 0 Å². The number of hydrogen-bond donors (Lipinski definition) is 1. The molecule has 1 N–H and O–H groups in total. The molecule has 0 radical (unpaired) electrons. The highest BCUT2D eigenvalue weighted by molar-refractivity contribution is 5.53. The molecule has 1 nitrogen and oxygen atoms in total. The van der Waals surface area contributed by atoms with Crippen molar-refractivity contribution in [2.24, 2.45) is 0 Å². The number of anilines is 1. The van der Waals surface area contributed by atoms with E-state index in [1.807, 2.05) is 0 Å². The van der Waals surface area contributed by atoms with Crippen molar-refractivity contribution in [3.05, 3.63) is 65.2 Å². The van der Waals surface area contributed by atoms with Gasteiger partial charge in [-0.2, -0.15) is 0 Å². The summed E-state index contributed by atoms with van der Waals surface area (Å²) >= 11 is 0. The van der Waals surface area contributed by atoms with Gasteiger partial charge in [0.2, 0.25) is 0 Å². The molecular formula is C17H21N. The van der Waals surface area contributed by atoms with Gasteiger partial charge in [-0.25, -0.2) is 0 Å². The van der Waals surface area contributed by atoms with Crippen LogP contribution in [0.25, 0.3) is 0 Å². The first-order valence-corrected chi connectivity index (χ1v) is 6.53. The fourth-order valence-corrected chi connectivity index (χ4v) is 2.11. The lowest BCUT2D eigenvalue weighted by Gasteiger charge is -2.16. The molecule has 18 heavy (non-hydrogen) atoms. The van der Waals surface area contributed by atoms with E-state index in [1.54, 1.807) is 0 Å². The summed E-state index contributed by atoms with van der Waals surface area (Å²) in [7, 11) is 0. The average Bonchev–Trinajstić information content (AvgIpc) is 2.41. The zero-order chi connectivity index (χ0) is 13.0. The zero-order valence-corrected chi connectivity index (χ0v) is 11.4. The predicted octanol–water partition coefficient (Wildman–Crippen LogP) is 4.52. The topological polar surface area (TPSA) is 12.0 Å². The van der Waals surface area contributed by atoms with Gasteiger partial charge >= 0.3 is 0 Å². The first-order chi connectivity index (χ1) is 8.68. The fraction of sp³-hybridized carbons (Fsp3) is 0.294. The van der Waals surface area contributed by atoms with Gasteiger partial charge in [-0.1, -0.05) is 49.4 Å². The van der Waals surface area contributed by atoms with Crippen molar-refractivity contribution in [2.75, 3.05) is 11.9 Å². The van der Waals surface area contributed by atoms with Crippen molar-refractivity contribution in [1.29, 1.82) is 0 Å². The van der Waals surface area contributed by atoms with Gasteiger partial charge in [-0.05, 0) is 42.5 Å². The molecule has 1 atom stereocenters. The quantitative estimate of drug-likeness (QED) is 0.827. The van der Waals surface area contributed by atoms with Gasteiger partial charge in [0.25, 0.3) is 0 Å².